The minimum atomic E-state index is 0.140. The van der Waals surface area contributed by atoms with Crippen molar-refractivity contribution in [3.05, 3.63) is 24.3 Å². The molecule has 4 N–H and O–H groups in total. The number of hydrogen-bond acceptors (Lipinski definition) is 3. The molecule has 0 amide bonds. The van der Waals surface area contributed by atoms with Crippen LogP contribution in [0.1, 0.15) is 0 Å². The summed E-state index contributed by atoms with van der Waals surface area (Å²) in [5, 5.41) is 6.05. The Morgan fingerprint density at radius 2 is 1.87 bits per heavy atom. The summed E-state index contributed by atoms with van der Waals surface area (Å²) in [7, 11) is 1.61. The lowest BCUT2D eigenvalue weighted by molar-refractivity contribution is 0.415. The zero-order valence-electron chi connectivity index (χ0n) is 8.11. The first-order chi connectivity index (χ1) is 7.11. The summed E-state index contributed by atoms with van der Waals surface area (Å²) in [5.74, 6) is 0.786. The van der Waals surface area contributed by atoms with Gasteiger partial charge in [-0.1, -0.05) is 0 Å². The van der Waals surface area contributed by atoms with Gasteiger partial charge in [0, 0.05) is 5.69 Å². The summed E-state index contributed by atoms with van der Waals surface area (Å²) in [6.07, 6.45) is 0. The molecular weight excluding hydrogens is 230 g/mol. The molecular formula is C9H11N3OS2. The summed E-state index contributed by atoms with van der Waals surface area (Å²) in [6, 6.07) is 7.33. The second kappa shape index (κ2) is 5.47. The maximum absolute atomic E-state index is 5.27. The molecule has 6 heteroatoms. The Hall–Kier alpha value is -1.40. The first-order valence-electron chi connectivity index (χ1n) is 4.13. The van der Waals surface area contributed by atoms with Gasteiger partial charge in [0.2, 0.25) is 0 Å². The van der Waals surface area contributed by atoms with Crippen LogP contribution in [0.4, 0.5) is 5.69 Å². The molecule has 0 aliphatic rings. The fraction of sp³-hybridized carbons (Fsp3) is 0.111. The van der Waals surface area contributed by atoms with Crippen LogP contribution in [0.3, 0.4) is 0 Å². The number of thiocarbonyl (C=S) groups is 2. The molecule has 80 valence electrons. The molecule has 1 rings (SSSR count). The molecule has 0 fully saturated rings. The molecule has 0 aromatic heterocycles. The van der Waals surface area contributed by atoms with Crippen molar-refractivity contribution in [2.75, 3.05) is 12.4 Å². The molecule has 0 aliphatic heterocycles. The average molecular weight is 241 g/mol. The van der Waals surface area contributed by atoms with Crippen LogP contribution in [0.2, 0.25) is 0 Å². The van der Waals surface area contributed by atoms with Gasteiger partial charge in [-0.3, -0.25) is 0 Å². The Balaban J connectivity index is 2.57. The van der Waals surface area contributed by atoms with E-state index >= 15 is 0 Å². The monoisotopic (exact) mass is 241 g/mol. The van der Waals surface area contributed by atoms with E-state index in [1.807, 2.05) is 24.3 Å². The van der Waals surface area contributed by atoms with E-state index in [0.29, 0.717) is 5.11 Å². The lowest BCUT2D eigenvalue weighted by Crippen LogP contribution is -2.37. The number of nitrogens with one attached hydrogen (secondary N) is 2. The molecule has 1 aromatic rings. The highest BCUT2D eigenvalue weighted by molar-refractivity contribution is 7.82. The number of benzene rings is 1. The van der Waals surface area contributed by atoms with Gasteiger partial charge in [0.05, 0.1) is 7.11 Å². The first-order valence-corrected chi connectivity index (χ1v) is 4.95. The predicted molar refractivity (Wildman–Crippen MR) is 69.1 cm³/mol. The molecule has 4 nitrogen and oxygen atoms in total. The van der Waals surface area contributed by atoms with Crippen LogP contribution in [0.15, 0.2) is 24.3 Å². The Morgan fingerprint density at radius 1 is 1.27 bits per heavy atom. The van der Waals surface area contributed by atoms with E-state index in [4.69, 9.17) is 22.7 Å². The fourth-order valence-corrected chi connectivity index (χ4v) is 1.34. The number of hydrogen-bond donors (Lipinski definition) is 3. The van der Waals surface area contributed by atoms with Gasteiger partial charge in [0.1, 0.15) is 5.75 Å². The highest BCUT2D eigenvalue weighted by Gasteiger charge is 1.98. The summed E-state index contributed by atoms with van der Waals surface area (Å²) in [4.78, 5) is 0. The van der Waals surface area contributed by atoms with Gasteiger partial charge < -0.3 is 21.1 Å². The molecule has 0 atom stereocenters. The average Bonchev–Trinajstić information content (AvgIpc) is 2.17. The highest BCUT2D eigenvalue weighted by Crippen LogP contribution is 2.14. The normalized spacial score (nSPS) is 9.13. The van der Waals surface area contributed by atoms with E-state index in [9.17, 15) is 0 Å². The van der Waals surface area contributed by atoms with Crippen LogP contribution in [0.25, 0.3) is 0 Å². The van der Waals surface area contributed by atoms with Crippen molar-refractivity contribution < 1.29 is 4.74 Å². The minimum Gasteiger partial charge on any atom is -0.497 e. The van der Waals surface area contributed by atoms with Gasteiger partial charge in [-0.15, -0.1) is 0 Å². The second-order valence-electron chi connectivity index (χ2n) is 2.67. The maximum atomic E-state index is 5.27. The van der Waals surface area contributed by atoms with Gasteiger partial charge in [-0.25, -0.2) is 0 Å². The van der Waals surface area contributed by atoms with Crippen molar-refractivity contribution in [1.82, 2.24) is 5.32 Å². The van der Waals surface area contributed by atoms with Crippen LogP contribution in [-0.4, -0.2) is 17.3 Å². The Morgan fingerprint density at radius 3 is 2.33 bits per heavy atom. The Labute approximate surface area is 98.8 Å². The van der Waals surface area contributed by atoms with Gasteiger partial charge in [0.15, 0.2) is 10.2 Å². The van der Waals surface area contributed by atoms with E-state index in [1.54, 1.807) is 7.11 Å². The molecule has 1 aromatic carbocycles. The summed E-state index contributed by atoms with van der Waals surface area (Å²) in [5.41, 5.74) is 6.10. The van der Waals surface area contributed by atoms with Crippen molar-refractivity contribution in [2.45, 2.75) is 0 Å². The Kier molecular flexibility index (Phi) is 4.26. The number of anilines is 1. The van der Waals surface area contributed by atoms with Gasteiger partial charge >= 0.3 is 0 Å². The van der Waals surface area contributed by atoms with Gasteiger partial charge in [0.25, 0.3) is 0 Å². The van der Waals surface area contributed by atoms with Crippen LogP contribution < -0.4 is 21.1 Å². The van der Waals surface area contributed by atoms with Crippen LogP contribution >= 0.6 is 24.4 Å². The summed E-state index contributed by atoms with van der Waals surface area (Å²) >= 11 is 9.60. The molecule has 15 heavy (non-hydrogen) atoms. The second-order valence-corrected chi connectivity index (χ2v) is 3.52. The smallest absolute Gasteiger partial charge is 0.177 e. The molecule has 0 aliphatic carbocycles. The standard InChI is InChI=1S/C9H11N3OS2/c1-13-7-4-2-6(3-5-7)11-9(15)12-8(10)14/h2-5H,1H3,(H4,10,11,12,14,15). The SMILES string of the molecule is COc1ccc(NC(=S)NC(N)=S)cc1. The number of nitrogens with two attached hydrogens (primary N) is 1. The first kappa shape index (κ1) is 11.7. The van der Waals surface area contributed by atoms with Gasteiger partial charge in [-0.2, -0.15) is 0 Å². The van der Waals surface area contributed by atoms with E-state index < -0.39 is 0 Å². The lowest BCUT2D eigenvalue weighted by Gasteiger charge is -2.09. The van der Waals surface area contributed by atoms with Crippen molar-refractivity contribution >= 4 is 40.3 Å². The van der Waals surface area contributed by atoms with Crippen molar-refractivity contribution in [1.29, 1.82) is 0 Å². The molecule has 0 heterocycles. The van der Waals surface area contributed by atoms with E-state index in [2.05, 4.69) is 22.9 Å². The van der Waals surface area contributed by atoms with Crippen LogP contribution in [0, 0.1) is 0 Å². The molecule has 0 spiro atoms. The van der Waals surface area contributed by atoms with Gasteiger partial charge in [-0.05, 0) is 48.7 Å². The third-order valence-corrected chi connectivity index (χ3v) is 1.89. The Bertz CT molecular complexity index is 364. The molecule has 0 radical (unpaired) electrons. The number of rotatable bonds is 2. The van der Waals surface area contributed by atoms with Crippen molar-refractivity contribution in [3.8, 4) is 5.75 Å². The summed E-state index contributed by atoms with van der Waals surface area (Å²) in [6.45, 7) is 0. The fourth-order valence-electron chi connectivity index (χ4n) is 0.949. The molecule has 0 unspecified atom stereocenters. The molecule has 0 saturated heterocycles. The van der Waals surface area contributed by atoms with Crippen LogP contribution in [-0.2, 0) is 0 Å². The van der Waals surface area contributed by atoms with E-state index in [0.717, 1.165) is 11.4 Å². The highest BCUT2D eigenvalue weighted by atomic mass is 32.1. The van der Waals surface area contributed by atoms with Crippen molar-refractivity contribution in [2.24, 2.45) is 5.73 Å². The quantitative estimate of drug-likeness (QED) is 0.677. The zero-order valence-corrected chi connectivity index (χ0v) is 9.74. The lowest BCUT2D eigenvalue weighted by atomic mass is 10.3. The largest absolute Gasteiger partial charge is 0.497 e. The zero-order chi connectivity index (χ0) is 11.3. The molecule has 0 saturated carbocycles. The third kappa shape index (κ3) is 4.09. The summed E-state index contributed by atoms with van der Waals surface area (Å²) < 4.78 is 5.02. The van der Waals surface area contributed by atoms with E-state index in [-0.39, 0.29) is 5.11 Å². The van der Waals surface area contributed by atoms with Crippen molar-refractivity contribution in [3.63, 3.8) is 0 Å². The minimum absolute atomic E-state index is 0.140. The number of ether oxygens (including phenoxy) is 1. The van der Waals surface area contributed by atoms with E-state index in [1.165, 1.54) is 0 Å². The molecule has 0 bridgehead atoms. The topological polar surface area (TPSA) is 59.3 Å². The third-order valence-electron chi connectivity index (χ3n) is 1.58. The number of methoxy groups -OCH3 is 1. The van der Waals surface area contributed by atoms with Crippen LogP contribution in [0.5, 0.6) is 5.75 Å². The predicted octanol–water partition coefficient (Wildman–Crippen LogP) is 1.23. The maximum Gasteiger partial charge on any atom is 0.177 e.